The monoisotopic (exact) mass is 365 g/mol. The van der Waals surface area contributed by atoms with Crippen LogP contribution in [0.15, 0.2) is 30.5 Å². The van der Waals surface area contributed by atoms with Crippen molar-refractivity contribution < 1.29 is 9.53 Å². The first-order valence-electron chi connectivity index (χ1n) is 10.0. The molecule has 5 nitrogen and oxygen atoms in total. The Kier molecular flexibility index (Phi) is 3.82. The molecule has 1 aromatic heterocycles. The zero-order valence-corrected chi connectivity index (χ0v) is 16.3. The van der Waals surface area contributed by atoms with Gasteiger partial charge in [-0.2, -0.15) is 0 Å². The lowest BCUT2D eigenvalue weighted by atomic mass is 10.0. The number of rotatable bonds is 3. The van der Waals surface area contributed by atoms with E-state index in [4.69, 9.17) is 4.74 Å². The van der Waals surface area contributed by atoms with Crippen LogP contribution in [0.1, 0.15) is 37.8 Å². The number of likely N-dealkylation sites (tertiary alicyclic amines) is 1. The highest BCUT2D eigenvalue weighted by molar-refractivity contribution is 5.85. The molecule has 0 N–H and O–H groups in total. The first kappa shape index (κ1) is 17.1. The van der Waals surface area contributed by atoms with Gasteiger partial charge >= 0.3 is 0 Å². The fourth-order valence-corrected chi connectivity index (χ4v) is 5.37. The van der Waals surface area contributed by atoms with Gasteiger partial charge in [-0.25, -0.2) is 0 Å². The number of nitrogens with zero attached hydrogens (tertiary/aromatic N) is 3. The zero-order chi connectivity index (χ0) is 18.8. The highest BCUT2D eigenvalue weighted by Crippen LogP contribution is 2.49. The van der Waals surface area contributed by atoms with Gasteiger partial charge in [0.05, 0.1) is 24.2 Å². The van der Waals surface area contributed by atoms with E-state index in [-0.39, 0.29) is 18.0 Å². The molecule has 0 aliphatic carbocycles. The van der Waals surface area contributed by atoms with Gasteiger partial charge in [0.25, 0.3) is 0 Å². The smallest absolute Gasteiger partial charge is 0.226 e. The maximum Gasteiger partial charge on any atom is 0.226 e. The highest BCUT2D eigenvalue weighted by atomic mass is 16.5. The summed E-state index contributed by atoms with van der Waals surface area (Å²) in [6, 6.07) is 8.90. The molecule has 3 saturated heterocycles. The van der Waals surface area contributed by atoms with Gasteiger partial charge in [-0.3, -0.25) is 14.7 Å². The molecular formula is C22H27N3O2. The Labute approximate surface area is 160 Å². The number of carbonyl (C=O) groups excluding carboxylic acids is 1. The van der Waals surface area contributed by atoms with Crippen LogP contribution in [-0.4, -0.2) is 51.7 Å². The van der Waals surface area contributed by atoms with Crippen LogP contribution >= 0.6 is 0 Å². The zero-order valence-electron chi connectivity index (χ0n) is 16.3. The minimum Gasteiger partial charge on any atom is -0.352 e. The summed E-state index contributed by atoms with van der Waals surface area (Å²) in [5, 5.41) is 1.21. The summed E-state index contributed by atoms with van der Waals surface area (Å²) < 4.78 is 6.36. The van der Waals surface area contributed by atoms with Gasteiger partial charge in [0, 0.05) is 37.5 Å². The Morgan fingerprint density at radius 3 is 3.00 bits per heavy atom. The van der Waals surface area contributed by atoms with Crippen LogP contribution in [0, 0.1) is 12.8 Å². The molecule has 3 aliphatic rings. The van der Waals surface area contributed by atoms with Crippen molar-refractivity contribution in [3.05, 3.63) is 41.6 Å². The maximum absolute atomic E-state index is 12.8. The van der Waals surface area contributed by atoms with Crippen molar-refractivity contribution in [2.24, 2.45) is 5.92 Å². The first-order valence-corrected chi connectivity index (χ1v) is 10.0. The molecule has 0 radical (unpaired) electrons. The molecule has 2 aromatic rings. The third kappa shape index (κ3) is 2.38. The number of hydrogen-bond acceptors (Lipinski definition) is 4. The minimum absolute atomic E-state index is 0.154. The third-order valence-electron chi connectivity index (χ3n) is 6.80. The van der Waals surface area contributed by atoms with E-state index >= 15 is 0 Å². The third-order valence-corrected chi connectivity index (χ3v) is 6.80. The summed E-state index contributed by atoms with van der Waals surface area (Å²) >= 11 is 0. The van der Waals surface area contributed by atoms with Crippen molar-refractivity contribution in [3.63, 3.8) is 0 Å². The molecule has 4 heterocycles. The summed E-state index contributed by atoms with van der Waals surface area (Å²) in [5.41, 5.74) is 3.16. The van der Waals surface area contributed by atoms with Gasteiger partial charge < -0.3 is 9.64 Å². The fraction of sp³-hybridized carbons (Fsp3) is 0.545. The summed E-state index contributed by atoms with van der Waals surface area (Å²) in [6.45, 7) is 8.96. The average molecular weight is 365 g/mol. The number of aryl methyl sites for hydroxylation is 1. The molecule has 142 valence electrons. The minimum atomic E-state index is -0.398. The quantitative estimate of drug-likeness (QED) is 0.838. The Bertz CT molecular complexity index is 912. The summed E-state index contributed by atoms with van der Waals surface area (Å²) in [7, 11) is 0. The van der Waals surface area contributed by atoms with Gasteiger partial charge in [0.2, 0.25) is 5.91 Å². The van der Waals surface area contributed by atoms with Crippen LogP contribution in [0.5, 0.6) is 0 Å². The largest absolute Gasteiger partial charge is 0.352 e. The number of carbonyl (C=O) groups is 1. The molecule has 3 aliphatic heterocycles. The van der Waals surface area contributed by atoms with Gasteiger partial charge in [-0.1, -0.05) is 32.0 Å². The predicted molar refractivity (Wildman–Crippen MR) is 104 cm³/mol. The van der Waals surface area contributed by atoms with Crippen LogP contribution in [0.2, 0.25) is 0 Å². The molecule has 0 bridgehead atoms. The van der Waals surface area contributed by atoms with Gasteiger partial charge in [-0.05, 0) is 30.0 Å². The van der Waals surface area contributed by atoms with E-state index in [2.05, 4.69) is 53.8 Å². The van der Waals surface area contributed by atoms with Crippen molar-refractivity contribution in [3.8, 4) is 0 Å². The average Bonchev–Trinajstić information content (AvgIpc) is 3.28. The van der Waals surface area contributed by atoms with Crippen molar-refractivity contribution in [1.29, 1.82) is 0 Å². The Morgan fingerprint density at radius 1 is 1.33 bits per heavy atom. The number of benzene rings is 1. The van der Waals surface area contributed by atoms with E-state index in [0.29, 0.717) is 18.9 Å². The Hall–Kier alpha value is -1.98. The summed E-state index contributed by atoms with van der Waals surface area (Å²) in [4.78, 5) is 22.0. The summed E-state index contributed by atoms with van der Waals surface area (Å²) in [5.74, 6) is 0.685. The topological polar surface area (TPSA) is 45.7 Å². The van der Waals surface area contributed by atoms with Crippen molar-refractivity contribution in [2.45, 2.75) is 58.0 Å². The Morgan fingerprint density at radius 2 is 2.19 bits per heavy atom. The second kappa shape index (κ2) is 6.01. The first-order chi connectivity index (χ1) is 13.0. The van der Waals surface area contributed by atoms with Crippen molar-refractivity contribution in [2.75, 3.05) is 13.2 Å². The van der Waals surface area contributed by atoms with E-state index in [1.807, 2.05) is 12.3 Å². The SMILES string of the molecule is Cc1ccc(CN2CC[C@@]34OC[C@@H](C(C)C)N3C(=O)C[C@@H]24)c2cccnc12. The molecule has 0 unspecified atom stereocenters. The molecule has 1 amide bonds. The maximum atomic E-state index is 12.8. The predicted octanol–water partition coefficient (Wildman–Crippen LogP) is 3.10. The van der Waals surface area contributed by atoms with E-state index in [1.165, 1.54) is 16.5 Å². The van der Waals surface area contributed by atoms with Gasteiger partial charge in [0.15, 0.2) is 5.72 Å². The van der Waals surface area contributed by atoms with Crippen LogP contribution in [0.3, 0.4) is 0 Å². The standard InChI is InChI=1S/C22H27N3O2/c1-14(2)18-13-27-22-8-10-24(19(22)11-20(26)25(18)22)12-16-7-6-15(3)21-17(16)5-4-9-23-21/h4-7,9,14,18-19H,8,10-13H2,1-3H3/t18-,19+,22-/m0/s1. The summed E-state index contributed by atoms with van der Waals surface area (Å²) in [6.07, 6.45) is 3.34. The van der Waals surface area contributed by atoms with E-state index in [0.717, 1.165) is 25.0 Å². The molecule has 5 heteroatoms. The normalized spacial score (nSPS) is 30.5. The molecule has 3 atom stereocenters. The van der Waals surface area contributed by atoms with E-state index in [1.54, 1.807) is 0 Å². The van der Waals surface area contributed by atoms with Crippen LogP contribution in [0.25, 0.3) is 10.9 Å². The Balaban J connectivity index is 1.47. The molecule has 1 aromatic carbocycles. The van der Waals surface area contributed by atoms with Gasteiger partial charge in [0.1, 0.15) is 0 Å². The lowest BCUT2D eigenvalue weighted by Crippen LogP contribution is -2.50. The molecule has 27 heavy (non-hydrogen) atoms. The van der Waals surface area contributed by atoms with Gasteiger partial charge in [-0.15, -0.1) is 0 Å². The van der Waals surface area contributed by atoms with E-state index in [9.17, 15) is 4.79 Å². The van der Waals surface area contributed by atoms with Crippen LogP contribution < -0.4 is 0 Å². The van der Waals surface area contributed by atoms with E-state index < -0.39 is 5.72 Å². The molecule has 0 saturated carbocycles. The molecular weight excluding hydrogens is 338 g/mol. The van der Waals surface area contributed by atoms with Crippen molar-refractivity contribution >= 4 is 16.8 Å². The number of pyridine rings is 1. The number of fused-ring (bicyclic) bond motifs is 1. The molecule has 1 spiro atoms. The highest BCUT2D eigenvalue weighted by Gasteiger charge is 2.64. The number of hydrogen-bond donors (Lipinski definition) is 0. The van der Waals surface area contributed by atoms with Crippen LogP contribution in [0.4, 0.5) is 0 Å². The fourth-order valence-electron chi connectivity index (χ4n) is 5.37. The lowest BCUT2D eigenvalue weighted by Gasteiger charge is -2.34. The second-order valence-electron chi connectivity index (χ2n) is 8.61. The number of ether oxygens (including phenoxy) is 1. The molecule has 5 rings (SSSR count). The number of amides is 1. The second-order valence-corrected chi connectivity index (χ2v) is 8.61. The van der Waals surface area contributed by atoms with Crippen molar-refractivity contribution in [1.82, 2.24) is 14.8 Å². The molecule has 3 fully saturated rings. The van der Waals surface area contributed by atoms with Crippen LogP contribution in [-0.2, 0) is 16.1 Å². The number of aromatic nitrogens is 1. The lowest BCUT2D eigenvalue weighted by molar-refractivity contribution is -0.139.